The summed E-state index contributed by atoms with van der Waals surface area (Å²) in [5.41, 5.74) is 3.70. The predicted molar refractivity (Wildman–Crippen MR) is 134 cm³/mol. The van der Waals surface area contributed by atoms with E-state index < -0.39 is 0 Å². The van der Waals surface area contributed by atoms with Gasteiger partial charge in [0.25, 0.3) is 5.91 Å². The highest BCUT2D eigenvalue weighted by atomic mass is 32.1. The van der Waals surface area contributed by atoms with Crippen molar-refractivity contribution in [3.63, 3.8) is 0 Å². The third-order valence-corrected chi connectivity index (χ3v) is 6.77. The van der Waals surface area contributed by atoms with Gasteiger partial charge in [0.15, 0.2) is 0 Å². The van der Waals surface area contributed by atoms with E-state index >= 15 is 0 Å². The first-order valence-corrected chi connectivity index (χ1v) is 12.3. The van der Waals surface area contributed by atoms with E-state index in [0.717, 1.165) is 53.2 Å². The maximum atomic E-state index is 13.4. The molecular formula is C27H30N2O2S. The van der Waals surface area contributed by atoms with Gasteiger partial charge < -0.3 is 10.1 Å². The summed E-state index contributed by atoms with van der Waals surface area (Å²) in [7, 11) is 0. The summed E-state index contributed by atoms with van der Waals surface area (Å²) in [6.45, 7) is 2.79. The number of rotatable bonds is 7. The zero-order chi connectivity index (χ0) is 22.2. The summed E-state index contributed by atoms with van der Waals surface area (Å²) in [6, 6.07) is 17.6. The van der Waals surface area contributed by atoms with E-state index in [1.165, 1.54) is 29.7 Å². The highest BCUT2D eigenvalue weighted by Crippen LogP contribution is 2.39. The second kappa shape index (κ2) is 11.1. The number of ether oxygens (including phenoxy) is 1. The van der Waals surface area contributed by atoms with Gasteiger partial charge in [0.05, 0.1) is 12.2 Å². The van der Waals surface area contributed by atoms with E-state index in [9.17, 15) is 4.79 Å². The molecule has 0 fully saturated rings. The van der Waals surface area contributed by atoms with Crippen LogP contribution in [0.4, 0.5) is 10.7 Å². The largest absolute Gasteiger partial charge is 0.494 e. The number of nitrogens with one attached hydrogen (secondary N) is 1. The number of anilines is 1. The Kier molecular flexibility index (Phi) is 7.73. The van der Waals surface area contributed by atoms with Gasteiger partial charge in [-0.25, -0.2) is 4.99 Å². The van der Waals surface area contributed by atoms with Crippen molar-refractivity contribution < 1.29 is 9.53 Å². The van der Waals surface area contributed by atoms with Crippen molar-refractivity contribution in [1.82, 2.24) is 0 Å². The van der Waals surface area contributed by atoms with Gasteiger partial charge >= 0.3 is 0 Å². The van der Waals surface area contributed by atoms with Crippen LogP contribution in [0.5, 0.6) is 5.75 Å². The van der Waals surface area contributed by atoms with Crippen molar-refractivity contribution in [2.24, 2.45) is 4.99 Å². The molecule has 0 unspecified atom stereocenters. The molecule has 0 spiro atoms. The Morgan fingerprint density at radius 2 is 1.88 bits per heavy atom. The molecular weight excluding hydrogens is 416 g/mol. The number of nitrogens with zero attached hydrogens (tertiary/aromatic N) is 1. The molecule has 4 rings (SSSR count). The van der Waals surface area contributed by atoms with Crippen LogP contribution < -0.4 is 10.1 Å². The van der Waals surface area contributed by atoms with E-state index in [-0.39, 0.29) is 5.91 Å². The van der Waals surface area contributed by atoms with Gasteiger partial charge in [-0.1, -0.05) is 50.1 Å². The molecule has 0 aliphatic heterocycles. The molecule has 1 aromatic heterocycles. The molecule has 1 heterocycles. The predicted octanol–water partition coefficient (Wildman–Crippen LogP) is 7.20. The summed E-state index contributed by atoms with van der Waals surface area (Å²) in [6.07, 6.45) is 9.56. The molecule has 3 aromatic rings. The molecule has 1 aliphatic rings. The summed E-state index contributed by atoms with van der Waals surface area (Å²) in [5.74, 6) is 0.776. The van der Waals surface area contributed by atoms with Gasteiger partial charge in [-0.2, -0.15) is 0 Å². The number of aryl methyl sites for hydroxylation is 1. The number of carbonyl (C=O) groups excluding carboxylic acids is 1. The minimum atomic E-state index is -0.0681. The average Bonchev–Trinajstić information content (AvgIpc) is 3.13. The number of para-hydroxylation sites is 1. The summed E-state index contributed by atoms with van der Waals surface area (Å²) >= 11 is 1.67. The topological polar surface area (TPSA) is 50.7 Å². The third-order valence-electron chi connectivity index (χ3n) is 5.57. The number of aliphatic imine (C=N–C) groups is 1. The van der Waals surface area contributed by atoms with Crippen LogP contribution in [-0.2, 0) is 12.8 Å². The van der Waals surface area contributed by atoms with Crippen LogP contribution in [0.15, 0.2) is 59.6 Å². The van der Waals surface area contributed by atoms with Gasteiger partial charge in [-0.3, -0.25) is 4.79 Å². The minimum Gasteiger partial charge on any atom is -0.494 e. The van der Waals surface area contributed by atoms with Gasteiger partial charge in [0.2, 0.25) is 0 Å². The van der Waals surface area contributed by atoms with Crippen molar-refractivity contribution in [2.45, 2.75) is 51.9 Å². The number of hydrogen-bond acceptors (Lipinski definition) is 4. The number of amides is 1. The molecule has 0 saturated heterocycles. The average molecular weight is 447 g/mol. The van der Waals surface area contributed by atoms with E-state index in [1.807, 2.05) is 60.8 Å². The van der Waals surface area contributed by atoms with E-state index in [1.54, 1.807) is 11.3 Å². The smallest absolute Gasteiger partial charge is 0.259 e. The van der Waals surface area contributed by atoms with Gasteiger partial charge in [0.1, 0.15) is 10.8 Å². The number of carbonyl (C=O) groups is 1. The van der Waals surface area contributed by atoms with Crippen LogP contribution >= 0.6 is 11.3 Å². The van der Waals surface area contributed by atoms with E-state index in [4.69, 9.17) is 9.73 Å². The molecule has 4 nitrogen and oxygen atoms in total. The lowest BCUT2D eigenvalue weighted by atomic mass is 9.96. The maximum absolute atomic E-state index is 13.4. The Morgan fingerprint density at radius 3 is 2.69 bits per heavy atom. The molecule has 1 N–H and O–H groups in total. The van der Waals surface area contributed by atoms with Crippen molar-refractivity contribution in [2.75, 3.05) is 11.9 Å². The first kappa shape index (κ1) is 22.3. The maximum Gasteiger partial charge on any atom is 0.259 e. The van der Waals surface area contributed by atoms with Gasteiger partial charge in [-0.15, -0.1) is 11.3 Å². The lowest BCUT2D eigenvalue weighted by molar-refractivity contribution is 0.102. The first-order chi connectivity index (χ1) is 15.7. The molecule has 0 bridgehead atoms. The Morgan fingerprint density at radius 1 is 1.06 bits per heavy atom. The van der Waals surface area contributed by atoms with Crippen LogP contribution in [0.1, 0.15) is 65.4 Å². The molecule has 166 valence electrons. The van der Waals surface area contributed by atoms with Crippen molar-refractivity contribution in [3.8, 4) is 5.75 Å². The van der Waals surface area contributed by atoms with Crippen molar-refractivity contribution >= 4 is 34.1 Å². The zero-order valence-electron chi connectivity index (χ0n) is 18.6. The molecule has 0 radical (unpaired) electrons. The number of fused-ring (bicyclic) bond motifs is 1. The molecule has 1 aliphatic carbocycles. The second-order valence-electron chi connectivity index (χ2n) is 8.10. The normalized spacial score (nSPS) is 13.9. The SMILES string of the molecule is CCCOc1cccc(C=Nc2sc3c(c2C(=O)Nc2ccccc2)CCCCCC3)c1. The van der Waals surface area contributed by atoms with Crippen LogP contribution in [0.25, 0.3) is 0 Å². The molecule has 5 heteroatoms. The molecule has 0 atom stereocenters. The molecule has 0 saturated carbocycles. The molecule has 32 heavy (non-hydrogen) atoms. The highest BCUT2D eigenvalue weighted by molar-refractivity contribution is 7.16. The van der Waals surface area contributed by atoms with Crippen molar-refractivity contribution in [1.29, 1.82) is 0 Å². The van der Waals surface area contributed by atoms with Crippen LogP contribution in [0.2, 0.25) is 0 Å². The van der Waals surface area contributed by atoms with Crippen molar-refractivity contribution in [3.05, 3.63) is 76.2 Å². The number of thiophene rings is 1. The quantitative estimate of drug-likeness (QED) is 0.390. The second-order valence-corrected chi connectivity index (χ2v) is 9.18. The van der Waals surface area contributed by atoms with Crippen LogP contribution in [0, 0.1) is 0 Å². The summed E-state index contributed by atoms with van der Waals surface area (Å²) in [5, 5.41) is 3.87. The third kappa shape index (κ3) is 5.65. The minimum absolute atomic E-state index is 0.0681. The van der Waals surface area contributed by atoms with E-state index in [2.05, 4.69) is 12.2 Å². The Labute approximate surface area is 194 Å². The Balaban J connectivity index is 1.65. The standard InChI is InChI=1S/C27H30N2O2S/c1-2-17-31-22-14-10-11-20(18-22)19-28-27-25(26(30)29-21-12-6-5-7-13-21)23-15-8-3-4-9-16-24(23)32-27/h5-7,10-14,18-19H,2-4,8-9,15-17H2,1H3,(H,29,30). The molecule has 2 aromatic carbocycles. The fourth-order valence-electron chi connectivity index (χ4n) is 3.98. The lowest BCUT2D eigenvalue weighted by Gasteiger charge is -2.12. The first-order valence-electron chi connectivity index (χ1n) is 11.5. The van der Waals surface area contributed by atoms with Gasteiger partial charge in [0, 0.05) is 16.8 Å². The van der Waals surface area contributed by atoms with E-state index in [0.29, 0.717) is 6.61 Å². The number of hydrogen-bond donors (Lipinski definition) is 1. The van der Waals surface area contributed by atoms with Crippen LogP contribution in [0.3, 0.4) is 0 Å². The molecule has 1 amide bonds. The fourth-order valence-corrected chi connectivity index (χ4v) is 5.21. The highest BCUT2D eigenvalue weighted by Gasteiger charge is 2.24. The Bertz CT molecular complexity index is 1070. The fraction of sp³-hybridized carbons (Fsp3) is 0.333. The zero-order valence-corrected chi connectivity index (χ0v) is 19.4. The lowest BCUT2D eigenvalue weighted by Crippen LogP contribution is -2.14. The Hall–Kier alpha value is -2.92. The monoisotopic (exact) mass is 446 g/mol. The van der Waals surface area contributed by atoms with Crippen LogP contribution in [-0.4, -0.2) is 18.7 Å². The van der Waals surface area contributed by atoms with Gasteiger partial charge in [-0.05, 0) is 67.5 Å². The summed E-state index contributed by atoms with van der Waals surface area (Å²) in [4.78, 5) is 19.5. The summed E-state index contributed by atoms with van der Waals surface area (Å²) < 4.78 is 5.75. The number of benzene rings is 2.